The number of nitrogens with one attached hydrogen (secondary N) is 1. The third-order valence-corrected chi connectivity index (χ3v) is 3.01. The van der Waals surface area contributed by atoms with Crippen LogP contribution in [0.2, 0.25) is 0 Å². The Balaban J connectivity index is 2.33. The van der Waals surface area contributed by atoms with E-state index in [4.69, 9.17) is 5.11 Å². The van der Waals surface area contributed by atoms with Crippen LogP contribution in [0.25, 0.3) is 17.1 Å². The molecule has 0 amide bonds. The number of pyridine rings is 1. The maximum atomic E-state index is 11.1. The minimum Gasteiger partial charge on any atom is -0.478 e. The Morgan fingerprint density at radius 3 is 3.18 bits per heavy atom. The smallest absolute Gasteiger partial charge is 0.333 e. The number of H-pyrrole nitrogens is 1. The molecular weight excluding hydrogens is 218 g/mol. The molecule has 5 nitrogen and oxygen atoms in total. The van der Waals surface area contributed by atoms with Gasteiger partial charge >= 0.3 is 5.97 Å². The molecular formula is C12H11N3O2. The highest BCUT2D eigenvalue weighted by molar-refractivity contribution is 6.03. The summed E-state index contributed by atoms with van der Waals surface area (Å²) in [6.07, 6.45) is 5.22. The molecule has 2 aromatic heterocycles. The first kappa shape index (κ1) is 9.89. The Hall–Kier alpha value is -2.30. The monoisotopic (exact) mass is 229 g/mol. The lowest BCUT2D eigenvalue weighted by Gasteiger charge is -2.18. The molecule has 0 radical (unpaired) electrons. The number of aromatic nitrogens is 2. The highest BCUT2D eigenvalue weighted by Crippen LogP contribution is 2.32. The predicted octanol–water partition coefficient (Wildman–Crippen LogP) is 1.48. The molecule has 17 heavy (non-hydrogen) atoms. The second kappa shape index (κ2) is 3.35. The zero-order chi connectivity index (χ0) is 12.0. The molecule has 0 saturated carbocycles. The van der Waals surface area contributed by atoms with Gasteiger partial charge in [-0.3, -0.25) is 0 Å². The zero-order valence-corrected chi connectivity index (χ0v) is 9.27. The highest BCUT2D eigenvalue weighted by Gasteiger charge is 2.19. The van der Waals surface area contributed by atoms with Gasteiger partial charge in [0.2, 0.25) is 0 Å². The van der Waals surface area contributed by atoms with Crippen LogP contribution in [0.5, 0.6) is 0 Å². The number of anilines is 1. The van der Waals surface area contributed by atoms with Crippen molar-refractivity contribution >= 4 is 28.8 Å². The topological polar surface area (TPSA) is 69.2 Å². The maximum absolute atomic E-state index is 11.1. The Labute approximate surface area is 97.4 Å². The second-order valence-corrected chi connectivity index (χ2v) is 4.13. The van der Waals surface area contributed by atoms with E-state index in [9.17, 15) is 4.79 Å². The van der Waals surface area contributed by atoms with Crippen LogP contribution in [0.4, 0.5) is 5.69 Å². The summed E-state index contributed by atoms with van der Waals surface area (Å²) in [5.41, 5.74) is 3.04. The van der Waals surface area contributed by atoms with Crippen molar-refractivity contribution in [1.82, 2.24) is 9.97 Å². The molecule has 0 spiro atoms. The quantitative estimate of drug-likeness (QED) is 0.777. The SMILES string of the molecule is CN1CC(C(=O)O)=Cc2c[nH]c3nccc1c23. The van der Waals surface area contributed by atoms with Gasteiger partial charge in [-0.05, 0) is 12.1 Å². The van der Waals surface area contributed by atoms with Crippen LogP contribution < -0.4 is 4.90 Å². The standard InChI is InChI=1S/C12H11N3O2/c1-15-6-8(12(16)17)4-7-5-14-11-10(7)9(15)2-3-13-11/h2-5H,6H2,1H3,(H,13,14)(H,16,17). The van der Waals surface area contributed by atoms with Crippen molar-refractivity contribution in [2.45, 2.75) is 0 Å². The van der Waals surface area contributed by atoms with Crippen molar-refractivity contribution in [2.75, 3.05) is 18.5 Å². The number of carbonyl (C=O) groups is 1. The van der Waals surface area contributed by atoms with Gasteiger partial charge in [-0.25, -0.2) is 9.78 Å². The van der Waals surface area contributed by atoms with Crippen LogP contribution in [0, 0.1) is 0 Å². The number of likely N-dealkylation sites (N-methyl/N-ethyl adjacent to an activating group) is 1. The van der Waals surface area contributed by atoms with Crippen LogP contribution in [-0.4, -0.2) is 34.6 Å². The Kier molecular flexibility index (Phi) is 1.95. The number of carboxylic acids is 1. The van der Waals surface area contributed by atoms with E-state index in [1.807, 2.05) is 18.0 Å². The van der Waals surface area contributed by atoms with E-state index < -0.39 is 5.97 Å². The van der Waals surface area contributed by atoms with Crippen molar-refractivity contribution in [3.8, 4) is 0 Å². The fourth-order valence-corrected chi connectivity index (χ4v) is 2.20. The first-order valence-corrected chi connectivity index (χ1v) is 5.28. The van der Waals surface area contributed by atoms with E-state index in [2.05, 4.69) is 9.97 Å². The van der Waals surface area contributed by atoms with Gasteiger partial charge in [-0.1, -0.05) is 0 Å². The van der Waals surface area contributed by atoms with Crippen LogP contribution in [0.15, 0.2) is 24.0 Å². The van der Waals surface area contributed by atoms with Gasteiger partial charge in [0.15, 0.2) is 0 Å². The minimum atomic E-state index is -0.882. The predicted molar refractivity (Wildman–Crippen MR) is 65.0 cm³/mol. The molecule has 0 atom stereocenters. The van der Waals surface area contributed by atoms with Crippen LogP contribution in [-0.2, 0) is 4.79 Å². The van der Waals surface area contributed by atoms with E-state index >= 15 is 0 Å². The molecule has 3 rings (SSSR count). The molecule has 1 aliphatic heterocycles. The molecule has 2 aromatic rings. The summed E-state index contributed by atoms with van der Waals surface area (Å²) in [4.78, 5) is 20.3. The number of nitrogens with zero attached hydrogens (tertiary/aromatic N) is 2. The highest BCUT2D eigenvalue weighted by atomic mass is 16.4. The maximum Gasteiger partial charge on any atom is 0.333 e. The largest absolute Gasteiger partial charge is 0.478 e. The number of hydrogen-bond acceptors (Lipinski definition) is 3. The molecule has 0 fully saturated rings. The lowest BCUT2D eigenvalue weighted by Crippen LogP contribution is -2.22. The number of aromatic amines is 1. The van der Waals surface area contributed by atoms with Gasteiger partial charge in [0, 0.05) is 42.6 Å². The van der Waals surface area contributed by atoms with Crippen molar-refractivity contribution in [1.29, 1.82) is 0 Å². The lowest BCUT2D eigenvalue weighted by atomic mass is 10.1. The summed E-state index contributed by atoms with van der Waals surface area (Å²) < 4.78 is 0. The third-order valence-electron chi connectivity index (χ3n) is 3.01. The van der Waals surface area contributed by atoms with E-state index in [-0.39, 0.29) is 0 Å². The summed E-state index contributed by atoms with van der Waals surface area (Å²) in [5, 5.41) is 10.1. The number of hydrogen-bond donors (Lipinski definition) is 2. The van der Waals surface area contributed by atoms with Gasteiger partial charge in [-0.15, -0.1) is 0 Å². The molecule has 0 aliphatic carbocycles. The molecule has 5 heteroatoms. The molecule has 2 N–H and O–H groups in total. The molecule has 1 aliphatic rings. The van der Waals surface area contributed by atoms with Gasteiger partial charge in [0.1, 0.15) is 5.65 Å². The van der Waals surface area contributed by atoms with Crippen LogP contribution >= 0.6 is 0 Å². The zero-order valence-electron chi connectivity index (χ0n) is 9.27. The minimum absolute atomic E-state index is 0.379. The van der Waals surface area contributed by atoms with E-state index in [1.165, 1.54) is 0 Å². The van der Waals surface area contributed by atoms with E-state index in [0.29, 0.717) is 12.1 Å². The Morgan fingerprint density at radius 2 is 2.41 bits per heavy atom. The van der Waals surface area contributed by atoms with Gasteiger partial charge in [-0.2, -0.15) is 0 Å². The molecule has 0 unspecified atom stereocenters. The van der Waals surface area contributed by atoms with Crippen LogP contribution in [0.3, 0.4) is 0 Å². The summed E-state index contributed by atoms with van der Waals surface area (Å²) >= 11 is 0. The van der Waals surface area contributed by atoms with Gasteiger partial charge in [0.05, 0.1) is 5.57 Å². The average Bonchev–Trinajstić information content (AvgIpc) is 2.64. The summed E-state index contributed by atoms with van der Waals surface area (Å²) in [7, 11) is 1.88. The van der Waals surface area contributed by atoms with Gasteiger partial charge < -0.3 is 15.0 Å². The fraction of sp³-hybridized carbons (Fsp3) is 0.167. The lowest BCUT2D eigenvalue weighted by molar-refractivity contribution is -0.132. The van der Waals surface area contributed by atoms with E-state index in [1.54, 1.807) is 18.5 Å². The Bertz CT molecular complexity index is 642. The first-order valence-electron chi connectivity index (χ1n) is 5.28. The third kappa shape index (κ3) is 1.39. The number of carboxylic acid groups (broad SMARTS) is 1. The molecule has 3 heterocycles. The summed E-state index contributed by atoms with van der Waals surface area (Å²) in [5.74, 6) is -0.882. The fourth-order valence-electron chi connectivity index (χ4n) is 2.20. The molecule has 0 aromatic carbocycles. The number of aliphatic carboxylic acids is 1. The normalized spacial score (nSPS) is 14.6. The molecule has 86 valence electrons. The molecule has 0 bridgehead atoms. The first-order chi connectivity index (χ1) is 8.16. The van der Waals surface area contributed by atoms with Crippen molar-refractivity contribution in [3.63, 3.8) is 0 Å². The van der Waals surface area contributed by atoms with Crippen molar-refractivity contribution < 1.29 is 9.90 Å². The summed E-state index contributed by atoms with van der Waals surface area (Å²) in [6, 6.07) is 1.90. The van der Waals surface area contributed by atoms with Gasteiger partial charge in [0.25, 0.3) is 0 Å². The molecule has 0 saturated heterocycles. The summed E-state index contributed by atoms with van der Waals surface area (Å²) in [6.45, 7) is 0.392. The Morgan fingerprint density at radius 1 is 1.59 bits per heavy atom. The average molecular weight is 229 g/mol. The number of rotatable bonds is 1. The van der Waals surface area contributed by atoms with Crippen molar-refractivity contribution in [2.24, 2.45) is 0 Å². The van der Waals surface area contributed by atoms with E-state index in [0.717, 1.165) is 22.3 Å². The van der Waals surface area contributed by atoms with Crippen molar-refractivity contribution in [3.05, 3.63) is 29.6 Å². The van der Waals surface area contributed by atoms with Crippen LogP contribution in [0.1, 0.15) is 5.56 Å². The second-order valence-electron chi connectivity index (χ2n) is 4.13.